The number of nitrogens with one attached hydrogen (secondary N) is 1. The normalized spacial score (nSPS) is 23.2. The number of nitrogens with zero attached hydrogens (tertiary/aromatic N) is 5. The van der Waals surface area contributed by atoms with Crippen molar-refractivity contribution >= 4 is 28.2 Å². The highest BCUT2D eigenvalue weighted by atomic mass is 35.5. The van der Waals surface area contributed by atoms with Crippen LogP contribution < -0.4 is 0 Å². The largest absolute Gasteiger partial charge is 0.417 e. The van der Waals surface area contributed by atoms with E-state index in [4.69, 9.17) is 11.6 Å². The second-order valence-corrected chi connectivity index (χ2v) is 11.4. The zero-order valence-corrected chi connectivity index (χ0v) is 21.5. The number of aromatic amines is 1. The smallest absolute Gasteiger partial charge is 0.346 e. The van der Waals surface area contributed by atoms with Gasteiger partial charge in [0.2, 0.25) is 0 Å². The number of fused-ring (bicyclic) bond motifs is 3. The summed E-state index contributed by atoms with van der Waals surface area (Å²) < 4.78 is 41.9. The minimum absolute atomic E-state index is 0.235. The quantitative estimate of drug-likeness (QED) is 0.323. The van der Waals surface area contributed by atoms with Gasteiger partial charge in [0, 0.05) is 24.0 Å². The number of alkyl halides is 3. The molecule has 2 aliphatic rings. The van der Waals surface area contributed by atoms with Crippen molar-refractivity contribution in [1.29, 1.82) is 0 Å². The van der Waals surface area contributed by atoms with E-state index in [9.17, 15) is 13.2 Å². The second kappa shape index (κ2) is 9.27. The zero-order valence-electron chi connectivity index (χ0n) is 20.7. The summed E-state index contributed by atoms with van der Waals surface area (Å²) in [4.78, 5) is 10.1. The number of halogens is 4. The first kappa shape index (κ1) is 24.7. The number of hydrogen-bond donors (Lipinski definition) is 1. The van der Waals surface area contributed by atoms with Gasteiger partial charge in [-0.2, -0.15) is 13.2 Å². The molecule has 4 aromatic rings. The molecule has 37 heavy (non-hydrogen) atoms. The molecule has 0 bridgehead atoms. The van der Waals surface area contributed by atoms with E-state index in [1.807, 2.05) is 12.3 Å². The van der Waals surface area contributed by atoms with Crippen molar-refractivity contribution in [2.24, 2.45) is 5.92 Å². The molecule has 1 N–H and O–H groups in total. The summed E-state index contributed by atoms with van der Waals surface area (Å²) in [5.41, 5.74) is 2.71. The zero-order chi connectivity index (χ0) is 25.8. The van der Waals surface area contributed by atoms with Crippen molar-refractivity contribution in [3.8, 4) is 0 Å². The van der Waals surface area contributed by atoms with Crippen molar-refractivity contribution < 1.29 is 13.2 Å². The van der Waals surface area contributed by atoms with E-state index in [2.05, 4.69) is 32.1 Å². The Kier molecular flexibility index (Phi) is 6.18. The van der Waals surface area contributed by atoms with Gasteiger partial charge in [0.15, 0.2) is 0 Å². The minimum Gasteiger partial charge on any atom is -0.346 e. The van der Waals surface area contributed by atoms with Crippen molar-refractivity contribution in [2.45, 2.75) is 63.0 Å². The molecule has 1 saturated carbocycles. The molecule has 196 valence electrons. The molecule has 1 saturated heterocycles. The highest BCUT2D eigenvalue weighted by molar-refractivity contribution is 6.31. The Balaban J connectivity index is 1.07. The van der Waals surface area contributed by atoms with Gasteiger partial charge < -0.3 is 9.88 Å². The number of hydrogen-bond acceptors (Lipinski definition) is 4. The lowest BCUT2D eigenvalue weighted by atomic mass is 9.73. The molecule has 1 aliphatic heterocycles. The molecular formula is C27H30ClF3N6. The van der Waals surface area contributed by atoms with E-state index in [-0.39, 0.29) is 10.4 Å². The molecule has 2 fully saturated rings. The first-order valence-corrected chi connectivity index (χ1v) is 13.4. The van der Waals surface area contributed by atoms with E-state index in [1.165, 1.54) is 12.1 Å². The summed E-state index contributed by atoms with van der Waals surface area (Å²) in [6.07, 6.45) is 5.32. The van der Waals surface area contributed by atoms with Crippen molar-refractivity contribution in [3.63, 3.8) is 0 Å². The molecule has 6 rings (SSSR count). The van der Waals surface area contributed by atoms with Crippen LogP contribution >= 0.6 is 11.6 Å². The van der Waals surface area contributed by atoms with Crippen LogP contribution in [0.1, 0.15) is 68.2 Å². The molecule has 1 aliphatic carbocycles. The number of benzene rings is 1. The van der Waals surface area contributed by atoms with Crippen molar-refractivity contribution in [2.75, 3.05) is 19.6 Å². The van der Waals surface area contributed by atoms with Gasteiger partial charge in [0.05, 0.1) is 16.3 Å². The van der Waals surface area contributed by atoms with Gasteiger partial charge in [-0.1, -0.05) is 29.8 Å². The third kappa shape index (κ3) is 4.61. The average Bonchev–Trinajstić information content (AvgIpc) is 3.52. The maximum absolute atomic E-state index is 13.4. The van der Waals surface area contributed by atoms with Gasteiger partial charge in [-0.15, -0.1) is 5.10 Å². The van der Waals surface area contributed by atoms with Crippen LogP contribution in [-0.2, 0) is 11.6 Å². The van der Waals surface area contributed by atoms with Crippen LogP contribution in [0.2, 0.25) is 5.02 Å². The van der Waals surface area contributed by atoms with Crippen LogP contribution in [0.4, 0.5) is 13.2 Å². The summed E-state index contributed by atoms with van der Waals surface area (Å²) in [7, 11) is 0. The van der Waals surface area contributed by atoms with Gasteiger partial charge in [-0.25, -0.2) is 9.50 Å². The molecule has 0 atom stereocenters. The second-order valence-electron chi connectivity index (χ2n) is 11.0. The lowest BCUT2D eigenvalue weighted by Crippen LogP contribution is -2.43. The highest BCUT2D eigenvalue weighted by Crippen LogP contribution is 2.42. The van der Waals surface area contributed by atoms with E-state index >= 15 is 0 Å². The molecule has 10 heteroatoms. The summed E-state index contributed by atoms with van der Waals surface area (Å²) >= 11 is 5.85. The lowest BCUT2D eigenvalue weighted by Gasteiger charge is -2.42. The average molecular weight is 531 g/mol. The maximum atomic E-state index is 13.4. The van der Waals surface area contributed by atoms with E-state index in [0.29, 0.717) is 11.8 Å². The number of likely N-dealkylation sites (tertiary alicyclic amines) is 1. The Labute approximate surface area is 218 Å². The van der Waals surface area contributed by atoms with Crippen molar-refractivity contribution in [1.82, 2.24) is 29.7 Å². The standard InChI is InChI=1S/C27H30ClF3N6/c1-26(19-6-7-22(28)21(14-19)27(29,30)31)9-12-36(13-10-26)15-17-2-4-18(5-3-17)23-24-20-8-11-32-25(20)33-16-37(24)35-34-23/h6-8,11,14,16-18,32H,2-5,9-10,12-13,15H2,1H3/t17-,18-. The molecule has 0 amide bonds. The number of piperidine rings is 1. The Morgan fingerprint density at radius 3 is 2.59 bits per heavy atom. The summed E-state index contributed by atoms with van der Waals surface area (Å²) in [6, 6.07) is 6.45. The Hall–Kier alpha value is -2.65. The summed E-state index contributed by atoms with van der Waals surface area (Å²) in [6.45, 7) is 4.92. The Morgan fingerprint density at radius 1 is 1.11 bits per heavy atom. The van der Waals surface area contributed by atoms with E-state index < -0.39 is 11.7 Å². The topological polar surface area (TPSA) is 62.1 Å². The van der Waals surface area contributed by atoms with Crippen LogP contribution in [-0.4, -0.2) is 49.3 Å². The van der Waals surface area contributed by atoms with Gasteiger partial charge in [0.1, 0.15) is 17.5 Å². The van der Waals surface area contributed by atoms with Gasteiger partial charge in [-0.05, 0) is 86.7 Å². The highest BCUT2D eigenvalue weighted by Gasteiger charge is 2.38. The molecule has 0 unspecified atom stereocenters. The SMILES string of the molecule is CC1(c2ccc(Cl)c(C(F)(F)F)c2)CCN(C[C@H]2CC[C@H](c3nnn4cnc5[nH]ccc5c34)CC2)CC1. The molecule has 3 aromatic heterocycles. The van der Waals surface area contributed by atoms with Crippen molar-refractivity contribution in [3.05, 3.63) is 58.6 Å². The molecule has 1 aromatic carbocycles. The third-order valence-electron chi connectivity index (χ3n) is 8.68. The van der Waals surface area contributed by atoms with E-state index in [0.717, 1.165) is 86.0 Å². The van der Waals surface area contributed by atoms with Crippen LogP contribution in [0.15, 0.2) is 36.8 Å². The lowest BCUT2D eigenvalue weighted by molar-refractivity contribution is -0.137. The first-order chi connectivity index (χ1) is 17.7. The predicted octanol–water partition coefficient (Wildman–Crippen LogP) is 6.61. The Morgan fingerprint density at radius 2 is 1.86 bits per heavy atom. The molecule has 6 nitrogen and oxygen atoms in total. The molecular weight excluding hydrogens is 501 g/mol. The molecule has 0 radical (unpaired) electrons. The van der Waals surface area contributed by atoms with Crippen LogP contribution in [0.3, 0.4) is 0 Å². The Bertz CT molecular complexity index is 1410. The first-order valence-electron chi connectivity index (χ1n) is 13.0. The summed E-state index contributed by atoms with van der Waals surface area (Å²) in [5, 5.41) is 9.67. The maximum Gasteiger partial charge on any atom is 0.417 e. The summed E-state index contributed by atoms with van der Waals surface area (Å²) in [5.74, 6) is 1.02. The number of aromatic nitrogens is 5. The van der Waals surface area contributed by atoms with Crippen LogP contribution in [0.5, 0.6) is 0 Å². The fraction of sp³-hybridized carbons (Fsp3) is 0.519. The van der Waals surface area contributed by atoms with Gasteiger partial charge in [-0.3, -0.25) is 0 Å². The van der Waals surface area contributed by atoms with E-state index in [1.54, 1.807) is 16.9 Å². The van der Waals surface area contributed by atoms with Gasteiger partial charge >= 0.3 is 6.18 Å². The fourth-order valence-electron chi connectivity index (χ4n) is 6.31. The van der Waals surface area contributed by atoms with Crippen LogP contribution in [0.25, 0.3) is 16.6 Å². The monoisotopic (exact) mass is 530 g/mol. The fourth-order valence-corrected chi connectivity index (χ4v) is 6.54. The molecule has 0 spiro atoms. The van der Waals surface area contributed by atoms with Gasteiger partial charge in [0.25, 0.3) is 0 Å². The number of rotatable bonds is 4. The third-order valence-corrected chi connectivity index (χ3v) is 9.00. The predicted molar refractivity (Wildman–Crippen MR) is 137 cm³/mol. The number of H-pyrrole nitrogens is 1. The van der Waals surface area contributed by atoms with Crippen LogP contribution in [0, 0.1) is 5.92 Å². The minimum atomic E-state index is -4.44. The molecule has 4 heterocycles.